The van der Waals surface area contributed by atoms with Crippen molar-refractivity contribution in [3.63, 3.8) is 0 Å². The smallest absolute Gasteiger partial charge is 0.193 e. The number of ether oxygens (including phenoxy) is 2. The predicted octanol–water partition coefficient (Wildman–Crippen LogP) is 5.57. The molecule has 9 atom stereocenters. The number of Topliss-reactive ketones (excluding diaryl/α,β-unsaturated/α-hetero) is 1. The summed E-state index contributed by atoms with van der Waals surface area (Å²) in [7, 11) is 1.88. The highest BCUT2D eigenvalue weighted by Crippen LogP contribution is 2.72. The summed E-state index contributed by atoms with van der Waals surface area (Å²) in [6.45, 7) is 2.92. The van der Waals surface area contributed by atoms with Crippen molar-refractivity contribution in [3.8, 4) is 0 Å². The van der Waals surface area contributed by atoms with Gasteiger partial charge in [-0.25, -0.2) is 4.39 Å². The van der Waals surface area contributed by atoms with E-state index in [1.165, 1.54) is 12.2 Å². The van der Waals surface area contributed by atoms with Crippen molar-refractivity contribution in [1.29, 1.82) is 0 Å². The Bertz CT molecular complexity index is 1580. The highest BCUT2D eigenvalue weighted by atomic mass is 32.2. The zero-order chi connectivity index (χ0) is 31.1. The van der Waals surface area contributed by atoms with Gasteiger partial charge in [-0.15, -0.1) is 0 Å². The van der Waals surface area contributed by atoms with Gasteiger partial charge < -0.3 is 25.0 Å². The molecule has 2 aromatic rings. The lowest BCUT2D eigenvalue weighted by molar-refractivity contribution is -0.231. The highest BCUT2D eigenvalue weighted by Gasteiger charge is 2.79. The Morgan fingerprint density at radius 3 is 2.64 bits per heavy atom. The first-order valence-corrected chi connectivity index (χ1v) is 16.2. The number of fused-ring (bicyclic) bond motifs is 7. The summed E-state index contributed by atoms with van der Waals surface area (Å²) in [5.74, 6) is -1.60. The number of anilines is 1. The van der Waals surface area contributed by atoms with Gasteiger partial charge in [0.15, 0.2) is 29.1 Å². The number of benzene rings is 2. The second kappa shape index (κ2) is 10.4. The Hall–Kier alpha value is -2.82. The summed E-state index contributed by atoms with van der Waals surface area (Å²) >= 11 is 1.63. The topological polar surface area (TPSA) is 105 Å². The summed E-state index contributed by atoms with van der Waals surface area (Å²) in [6.07, 6.45) is 2.87. The number of alkyl halides is 1. The maximum Gasteiger partial charge on any atom is 0.193 e. The number of rotatable bonds is 6. The molecule has 0 radical (unpaired) electrons. The molecule has 3 N–H and O–H groups in total. The SMILES string of the molecule is CNc1cccc(Sc2ccc([C@@H]3O[C@@H]4CC5[C@@H]6CCC7=CC(=O)C=C[C@]7(C)[C@@]6(F)[C@@H](O)C[C@]5(C)[C@]4(C(=O)CO)O3)cc2)c1. The van der Waals surface area contributed by atoms with Crippen molar-refractivity contribution in [2.75, 3.05) is 19.0 Å². The lowest BCUT2D eigenvalue weighted by Gasteiger charge is -2.62. The first-order valence-electron chi connectivity index (χ1n) is 15.3. The minimum Gasteiger partial charge on any atom is -0.390 e. The Morgan fingerprint density at radius 1 is 1.14 bits per heavy atom. The Balaban J connectivity index is 1.18. The van der Waals surface area contributed by atoms with Crippen molar-refractivity contribution in [2.45, 2.75) is 79.1 Å². The third-order valence-electron chi connectivity index (χ3n) is 11.5. The van der Waals surface area contributed by atoms with Crippen LogP contribution in [0.3, 0.4) is 0 Å². The number of ketones is 2. The van der Waals surface area contributed by atoms with Crippen LogP contribution in [0.5, 0.6) is 0 Å². The fourth-order valence-electron chi connectivity index (χ4n) is 9.27. The largest absolute Gasteiger partial charge is 0.390 e. The first kappa shape index (κ1) is 29.9. The number of nitrogens with one attached hydrogen (secondary N) is 1. The van der Waals surface area contributed by atoms with E-state index in [2.05, 4.69) is 11.4 Å². The average Bonchev–Trinajstić information content (AvgIpc) is 3.51. The molecule has 1 unspecified atom stereocenters. The molecule has 232 valence electrons. The monoisotopic (exact) mass is 619 g/mol. The lowest BCUT2D eigenvalue weighted by Crippen LogP contribution is -2.69. The molecule has 0 aromatic heterocycles. The van der Waals surface area contributed by atoms with Gasteiger partial charge in [0, 0.05) is 44.8 Å². The lowest BCUT2D eigenvalue weighted by atomic mass is 9.44. The van der Waals surface area contributed by atoms with E-state index >= 15 is 4.39 Å². The quantitative estimate of drug-likeness (QED) is 0.386. The molecule has 4 aliphatic carbocycles. The molecule has 5 aliphatic rings. The van der Waals surface area contributed by atoms with Crippen LogP contribution in [0.25, 0.3) is 0 Å². The summed E-state index contributed by atoms with van der Waals surface area (Å²) in [4.78, 5) is 28.0. The van der Waals surface area contributed by atoms with Crippen LogP contribution in [0, 0.1) is 22.7 Å². The number of halogens is 1. The van der Waals surface area contributed by atoms with Crippen LogP contribution in [0.1, 0.15) is 51.4 Å². The second-order valence-electron chi connectivity index (χ2n) is 13.3. The van der Waals surface area contributed by atoms with Gasteiger partial charge in [-0.05, 0) is 81.0 Å². The third-order valence-corrected chi connectivity index (χ3v) is 12.4. The van der Waals surface area contributed by atoms with Crippen molar-refractivity contribution in [2.24, 2.45) is 22.7 Å². The van der Waals surface area contributed by atoms with Crippen LogP contribution in [-0.4, -0.2) is 58.9 Å². The van der Waals surface area contributed by atoms with Crippen molar-refractivity contribution in [3.05, 3.63) is 77.9 Å². The normalized spacial score (nSPS) is 40.5. The fraction of sp³-hybridized carbons (Fsp3) is 0.486. The van der Waals surface area contributed by atoms with Gasteiger partial charge >= 0.3 is 0 Å². The van der Waals surface area contributed by atoms with Gasteiger partial charge in [0.1, 0.15) is 6.61 Å². The van der Waals surface area contributed by atoms with E-state index in [1.807, 2.05) is 56.4 Å². The number of aliphatic hydroxyl groups is 2. The number of hydrogen-bond donors (Lipinski definition) is 3. The molecule has 44 heavy (non-hydrogen) atoms. The van der Waals surface area contributed by atoms with Crippen molar-refractivity contribution in [1.82, 2.24) is 0 Å². The molecule has 9 heteroatoms. The van der Waals surface area contributed by atoms with Gasteiger partial charge in [0.2, 0.25) is 0 Å². The highest BCUT2D eigenvalue weighted by molar-refractivity contribution is 7.99. The van der Waals surface area contributed by atoms with Gasteiger partial charge in [0.25, 0.3) is 0 Å². The van der Waals surface area contributed by atoms with Crippen molar-refractivity contribution < 1.29 is 33.7 Å². The maximum absolute atomic E-state index is 17.6. The molecular weight excluding hydrogens is 581 g/mol. The van der Waals surface area contributed by atoms with Gasteiger partial charge in [-0.3, -0.25) is 9.59 Å². The molecule has 7 nitrogen and oxygen atoms in total. The fourth-order valence-corrected chi connectivity index (χ4v) is 10.1. The number of hydrogen-bond acceptors (Lipinski definition) is 8. The van der Waals surface area contributed by atoms with Crippen LogP contribution in [0.4, 0.5) is 10.1 Å². The third kappa shape index (κ3) is 3.95. The Labute approximate surface area is 260 Å². The molecule has 0 bridgehead atoms. The summed E-state index contributed by atoms with van der Waals surface area (Å²) in [5, 5.41) is 25.1. The molecule has 3 saturated carbocycles. The van der Waals surface area contributed by atoms with Gasteiger partial charge in [-0.1, -0.05) is 48.5 Å². The minimum atomic E-state index is -2.03. The molecule has 0 amide bonds. The van der Waals surface area contributed by atoms with E-state index in [0.29, 0.717) is 24.8 Å². The molecule has 1 aliphatic heterocycles. The number of carbonyl (C=O) groups excluding carboxylic acids is 2. The standard InChI is InChI=1S/C35H38FNO6S/c1-32-14-13-23(39)15-21(32)9-12-26-27-17-30-35(29(41)19-38,33(27,2)18-28(40)34(26,32)36)43-31(42-30)20-7-10-24(11-8-20)44-25-6-4-5-22(16-25)37-3/h4-8,10-11,13-16,26-28,30-31,37-38,40H,9,12,17-19H2,1-3H3/t26-,27?,28-,30+,31+,32-,33-,34-,35+/m0/s1. The van der Waals surface area contributed by atoms with E-state index in [-0.39, 0.29) is 18.1 Å². The molecule has 1 saturated heterocycles. The Morgan fingerprint density at radius 2 is 1.91 bits per heavy atom. The first-order chi connectivity index (χ1) is 21.0. The number of allylic oxidation sites excluding steroid dienone is 4. The van der Waals surface area contributed by atoms with Gasteiger partial charge in [-0.2, -0.15) is 0 Å². The van der Waals surface area contributed by atoms with Crippen LogP contribution >= 0.6 is 11.8 Å². The van der Waals surface area contributed by atoms with Crippen molar-refractivity contribution >= 4 is 29.0 Å². The van der Waals surface area contributed by atoms with E-state index in [9.17, 15) is 19.8 Å². The number of carbonyl (C=O) groups is 2. The van der Waals surface area contributed by atoms with E-state index in [4.69, 9.17) is 9.47 Å². The average molecular weight is 620 g/mol. The summed E-state index contributed by atoms with van der Waals surface area (Å²) in [6, 6.07) is 15.9. The molecular formula is C35H38FNO6S. The predicted molar refractivity (Wildman–Crippen MR) is 164 cm³/mol. The minimum absolute atomic E-state index is 0.0328. The number of aliphatic hydroxyl groups excluding tert-OH is 2. The molecule has 2 aromatic carbocycles. The van der Waals surface area contributed by atoms with Crippen LogP contribution < -0.4 is 5.32 Å². The van der Waals surface area contributed by atoms with Crippen LogP contribution in [-0.2, 0) is 19.1 Å². The van der Waals surface area contributed by atoms with E-state index in [1.54, 1.807) is 24.8 Å². The van der Waals surface area contributed by atoms with E-state index < -0.39 is 58.9 Å². The molecule has 4 fully saturated rings. The molecule has 1 heterocycles. The zero-order valence-electron chi connectivity index (χ0n) is 25.1. The second-order valence-corrected chi connectivity index (χ2v) is 14.5. The molecule has 7 rings (SSSR count). The maximum atomic E-state index is 17.6. The van der Waals surface area contributed by atoms with E-state index in [0.717, 1.165) is 21.0 Å². The summed E-state index contributed by atoms with van der Waals surface area (Å²) < 4.78 is 30.7. The zero-order valence-corrected chi connectivity index (χ0v) is 25.9. The summed E-state index contributed by atoms with van der Waals surface area (Å²) in [5.41, 5.74) is -3.20. The molecule has 0 spiro atoms. The van der Waals surface area contributed by atoms with Gasteiger partial charge in [0.05, 0.1) is 12.2 Å². The van der Waals surface area contributed by atoms with Crippen LogP contribution in [0.2, 0.25) is 0 Å². The Kier molecular flexibility index (Phi) is 7.03. The van der Waals surface area contributed by atoms with Crippen LogP contribution in [0.15, 0.2) is 82.1 Å².